The van der Waals surface area contributed by atoms with Crippen LogP contribution in [-0.4, -0.2) is 47.2 Å². The number of nitrogens with one attached hydrogen (secondary N) is 2. The lowest BCUT2D eigenvalue weighted by molar-refractivity contribution is 0.248. The summed E-state index contributed by atoms with van der Waals surface area (Å²) >= 11 is 12.6. The Labute approximate surface area is 205 Å². The minimum Gasteiger partial charge on any atom is -0.492 e. The number of rotatable bonds is 8. The first kappa shape index (κ1) is 23.5. The second kappa shape index (κ2) is 10.5. The fourth-order valence-electron chi connectivity index (χ4n) is 3.14. The molecule has 1 unspecified atom stereocenters. The Morgan fingerprint density at radius 2 is 1.94 bits per heavy atom. The minimum absolute atomic E-state index is 0.272. The monoisotopic (exact) mass is 501 g/mol. The Kier molecular flexibility index (Phi) is 7.24. The van der Waals surface area contributed by atoms with Gasteiger partial charge < -0.3 is 15.4 Å². The quantitative estimate of drug-likeness (QED) is 0.377. The predicted molar refractivity (Wildman–Crippen MR) is 126 cm³/mol. The Hall–Kier alpha value is -3.70. The molecule has 13 heteroatoms. The first-order valence-corrected chi connectivity index (χ1v) is 11.0. The van der Waals surface area contributed by atoms with Crippen molar-refractivity contribution in [3.63, 3.8) is 0 Å². The Balaban J connectivity index is 1.40. The number of hydrogen-bond donors (Lipinski definition) is 2. The number of urea groups is 1. The second-order valence-corrected chi connectivity index (χ2v) is 8.10. The van der Waals surface area contributed by atoms with Crippen LogP contribution >= 0.6 is 23.2 Å². The molecule has 0 radical (unpaired) electrons. The molecular weight excluding hydrogens is 481 g/mol. The van der Waals surface area contributed by atoms with Crippen molar-refractivity contribution < 1.29 is 9.53 Å². The number of aryl methyl sites for hydroxylation is 1. The maximum Gasteiger partial charge on any atom is 0.319 e. The van der Waals surface area contributed by atoms with Gasteiger partial charge in [0.15, 0.2) is 5.82 Å². The van der Waals surface area contributed by atoms with E-state index in [9.17, 15) is 4.79 Å². The summed E-state index contributed by atoms with van der Waals surface area (Å²) < 4.78 is 8.97. The molecule has 34 heavy (non-hydrogen) atoms. The molecule has 0 fully saturated rings. The molecule has 3 aromatic heterocycles. The Morgan fingerprint density at radius 3 is 2.68 bits per heavy atom. The van der Waals surface area contributed by atoms with Crippen LogP contribution < -0.4 is 15.4 Å². The molecule has 2 amide bonds. The smallest absolute Gasteiger partial charge is 0.319 e. The molecule has 1 atom stereocenters. The summed E-state index contributed by atoms with van der Waals surface area (Å²) in [6.07, 6.45) is 8.90. The van der Waals surface area contributed by atoms with E-state index in [1.54, 1.807) is 42.3 Å². The van der Waals surface area contributed by atoms with E-state index in [4.69, 9.17) is 27.9 Å². The van der Waals surface area contributed by atoms with Gasteiger partial charge in [0.1, 0.15) is 12.1 Å². The van der Waals surface area contributed by atoms with E-state index >= 15 is 0 Å². The van der Waals surface area contributed by atoms with Crippen LogP contribution in [0.1, 0.15) is 24.4 Å². The fraction of sp³-hybridized carbons (Fsp3) is 0.238. The lowest BCUT2D eigenvalue weighted by atomic mass is 10.2. The lowest BCUT2D eigenvalue weighted by Gasteiger charge is -2.16. The number of benzene rings is 1. The Morgan fingerprint density at radius 1 is 1.15 bits per heavy atom. The third kappa shape index (κ3) is 5.61. The molecule has 4 aromatic rings. The van der Waals surface area contributed by atoms with Gasteiger partial charge in [0.25, 0.3) is 5.95 Å². The van der Waals surface area contributed by atoms with Crippen molar-refractivity contribution in [3.8, 4) is 11.7 Å². The highest BCUT2D eigenvalue weighted by atomic mass is 35.5. The maximum atomic E-state index is 12.7. The van der Waals surface area contributed by atoms with Crippen molar-refractivity contribution in [3.05, 3.63) is 70.7 Å². The molecule has 3 heterocycles. The summed E-state index contributed by atoms with van der Waals surface area (Å²) in [5.41, 5.74) is 1.38. The van der Waals surface area contributed by atoms with Gasteiger partial charge in [0, 0.05) is 38.1 Å². The standard InChI is InChI=1S/C21H21Cl2N9O2/c1-13(19-26-12-28-32(19)20-24-5-3-6-25-20)29-21(33)30-17-9-18(16(23)8-15(17)22)34-7-4-14-10-27-31(2)11-14/h3,5-6,8-13H,4,7H2,1-2H3,(H2,29,30,33). The van der Waals surface area contributed by atoms with Crippen molar-refractivity contribution >= 4 is 34.9 Å². The second-order valence-electron chi connectivity index (χ2n) is 7.28. The summed E-state index contributed by atoms with van der Waals surface area (Å²) in [6.45, 7) is 2.15. The zero-order chi connectivity index (χ0) is 24.1. The van der Waals surface area contributed by atoms with Crippen molar-refractivity contribution in [2.24, 2.45) is 7.05 Å². The molecule has 1 aromatic carbocycles. The van der Waals surface area contributed by atoms with E-state index in [1.807, 2.05) is 13.2 Å². The number of halogens is 2. The minimum atomic E-state index is -0.507. The van der Waals surface area contributed by atoms with Gasteiger partial charge in [0.2, 0.25) is 0 Å². The number of nitrogens with zero attached hydrogens (tertiary/aromatic N) is 7. The zero-order valence-electron chi connectivity index (χ0n) is 18.3. The van der Waals surface area contributed by atoms with E-state index in [-0.39, 0.29) is 5.02 Å². The van der Waals surface area contributed by atoms with E-state index < -0.39 is 12.1 Å². The molecule has 11 nitrogen and oxygen atoms in total. The summed E-state index contributed by atoms with van der Waals surface area (Å²) in [5, 5.41) is 14.4. The van der Waals surface area contributed by atoms with E-state index in [2.05, 4.69) is 35.8 Å². The van der Waals surface area contributed by atoms with E-state index in [0.29, 0.717) is 41.3 Å². The number of anilines is 1. The van der Waals surface area contributed by atoms with Crippen LogP contribution in [0.4, 0.5) is 10.5 Å². The normalized spacial score (nSPS) is 11.8. The third-order valence-corrected chi connectivity index (χ3v) is 5.34. The molecule has 2 N–H and O–H groups in total. The van der Waals surface area contributed by atoms with Crippen LogP contribution in [0.5, 0.6) is 5.75 Å². The fourth-order valence-corrected chi connectivity index (χ4v) is 3.62. The first-order chi connectivity index (χ1) is 16.4. The third-order valence-electron chi connectivity index (χ3n) is 4.73. The molecular formula is C21H21Cl2N9O2. The SMILES string of the molecule is CC(NC(=O)Nc1cc(OCCc2cnn(C)c2)c(Cl)cc1Cl)c1ncnn1-c1ncccn1. The summed E-state index contributed by atoms with van der Waals surface area (Å²) in [4.78, 5) is 25.2. The van der Waals surface area contributed by atoms with Gasteiger partial charge in [-0.2, -0.15) is 14.9 Å². The summed E-state index contributed by atoms with van der Waals surface area (Å²) in [7, 11) is 1.85. The predicted octanol–water partition coefficient (Wildman–Crippen LogP) is 3.60. The van der Waals surface area contributed by atoms with Crippen LogP contribution in [0.2, 0.25) is 10.0 Å². The van der Waals surface area contributed by atoms with E-state index in [0.717, 1.165) is 5.56 Å². The lowest BCUT2D eigenvalue weighted by Crippen LogP contribution is -2.32. The Bertz CT molecular complexity index is 1280. The molecule has 0 saturated carbocycles. The number of carbonyl (C=O) groups excluding carboxylic acids is 1. The highest BCUT2D eigenvalue weighted by Gasteiger charge is 2.19. The van der Waals surface area contributed by atoms with Gasteiger partial charge in [-0.05, 0) is 24.6 Å². The molecule has 4 rings (SSSR count). The average Bonchev–Trinajstić information content (AvgIpc) is 3.46. The van der Waals surface area contributed by atoms with Crippen LogP contribution in [0.3, 0.4) is 0 Å². The zero-order valence-corrected chi connectivity index (χ0v) is 19.8. The van der Waals surface area contributed by atoms with Gasteiger partial charge >= 0.3 is 6.03 Å². The van der Waals surface area contributed by atoms with Gasteiger partial charge in [-0.3, -0.25) is 4.68 Å². The van der Waals surface area contributed by atoms with Gasteiger partial charge in [-0.25, -0.2) is 19.7 Å². The highest BCUT2D eigenvalue weighted by Crippen LogP contribution is 2.34. The topological polar surface area (TPSA) is 125 Å². The molecule has 0 saturated heterocycles. The molecule has 0 bridgehead atoms. The maximum absolute atomic E-state index is 12.7. The number of hydrogen-bond acceptors (Lipinski definition) is 7. The molecule has 0 spiro atoms. The number of amides is 2. The molecule has 0 aliphatic carbocycles. The number of ether oxygens (including phenoxy) is 1. The number of carbonyl (C=O) groups is 1. The highest BCUT2D eigenvalue weighted by molar-refractivity contribution is 6.37. The van der Waals surface area contributed by atoms with Crippen molar-refractivity contribution in [1.82, 2.24) is 39.8 Å². The molecule has 176 valence electrons. The van der Waals surface area contributed by atoms with Crippen LogP contribution in [0.15, 0.2) is 49.3 Å². The van der Waals surface area contributed by atoms with Crippen molar-refractivity contribution in [2.75, 3.05) is 11.9 Å². The number of aromatic nitrogens is 7. The van der Waals surface area contributed by atoms with Crippen LogP contribution in [0.25, 0.3) is 5.95 Å². The molecule has 0 aliphatic rings. The van der Waals surface area contributed by atoms with Crippen LogP contribution in [-0.2, 0) is 13.5 Å². The summed E-state index contributed by atoms with van der Waals surface area (Å²) in [5.74, 6) is 1.21. The largest absolute Gasteiger partial charge is 0.492 e. The van der Waals surface area contributed by atoms with Gasteiger partial charge in [-0.15, -0.1) is 0 Å². The molecule has 0 aliphatic heterocycles. The van der Waals surface area contributed by atoms with Crippen molar-refractivity contribution in [1.29, 1.82) is 0 Å². The van der Waals surface area contributed by atoms with Gasteiger partial charge in [0.05, 0.1) is 34.6 Å². The van der Waals surface area contributed by atoms with Crippen molar-refractivity contribution in [2.45, 2.75) is 19.4 Å². The average molecular weight is 502 g/mol. The summed E-state index contributed by atoms with van der Waals surface area (Å²) in [6, 6.07) is 3.79. The first-order valence-electron chi connectivity index (χ1n) is 10.2. The van der Waals surface area contributed by atoms with E-state index in [1.165, 1.54) is 17.1 Å². The van der Waals surface area contributed by atoms with Gasteiger partial charge in [-0.1, -0.05) is 23.2 Å². The van der Waals surface area contributed by atoms with Crippen LogP contribution in [0, 0.1) is 0 Å².